The minimum Gasteiger partial charge on any atom is -0.459 e. The van der Waals surface area contributed by atoms with Gasteiger partial charge in [-0.15, -0.1) is 0 Å². The van der Waals surface area contributed by atoms with E-state index < -0.39 is 5.66 Å². The molecule has 0 saturated heterocycles. The summed E-state index contributed by atoms with van der Waals surface area (Å²) in [7, 11) is 0. The minimum absolute atomic E-state index is 0.141. The quantitative estimate of drug-likeness (QED) is 0.728. The predicted molar refractivity (Wildman–Crippen MR) is 124 cm³/mol. The van der Waals surface area contributed by atoms with Gasteiger partial charge in [-0.05, 0) is 74.9 Å². The summed E-state index contributed by atoms with van der Waals surface area (Å²) >= 11 is 0. The van der Waals surface area contributed by atoms with Crippen LogP contribution in [0.25, 0.3) is 11.1 Å². The lowest BCUT2D eigenvalue weighted by Crippen LogP contribution is -2.58. The molecular formula is C24H29N5O2. The summed E-state index contributed by atoms with van der Waals surface area (Å²) in [6, 6.07) is 15.6. The number of anilines is 1. The summed E-state index contributed by atoms with van der Waals surface area (Å²) in [6.45, 7) is 3.68. The molecule has 1 aliphatic heterocycles. The average molecular weight is 420 g/mol. The van der Waals surface area contributed by atoms with Gasteiger partial charge in [0.15, 0.2) is 0 Å². The molecule has 31 heavy (non-hydrogen) atoms. The molecule has 0 bridgehead atoms. The summed E-state index contributed by atoms with van der Waals surface area (Å²) in [5.74, 6) is 0.327. The number of aliphatic imine (C=N–C) groups is 2. The zero-order chi connectivity index (χ0) is 22.0. The highest BCUT2D eigenvalue weighted by Crippen LogP contribution is 2.39. The molecular weight excluding hydrogens is 390 g/mol. The number of hydrogen-bond acceptors (Lipinski definition) is 7. The predicted octanol–water partition coefficient (Wildman–Crippen LogP) is 4.03. The van der Waals surface area contributed by atoms with Crippen molar-refractivity contribution < 1.29 is 9.53 Å². The lowest BCUT2D eigenvalue weighted by atomic mass is 9.87. The zero-order valence-corrected chi connectivity index (χ0v) is 18.0. The Hall–Kier alpha value is -3.35. The molecule has 0 atom stereocenters. The van der Waals surface area contributed by atoms with Crippen LogP contribution >= 0.6 is 0 Å². The summed E-state index contributed by atoms with van der Waals surface area (Å²) in [6.07, 6.45) is 5.03. The lowest BCUT2D eigenvalue weighted by molar-refractivity contribution is 0.0378. The molecule has 2 aromatic rings. The first-order chi connectivity index (χ1) is 14.9. The third-order valence-electron chi connectivity index (χ3n) is 5.77. The monoisotopic (exact) mass is 419 g/mol. The summed E-state index contributed by atoms with van der Waals surface area (Å²) in [4.78, 5) is 23.0. The van der Waals surface area contributed by atoms with Crippen LogP contribution < -0.4 is 16.4 Å². The van der Waals surface area contributed by atoms with Gasteiger partial charge in [-0.2, -0.15) is 4.99 Å². The third-order valence-corrected chi connectivity index (χ3v) is 5.77. The Morgan fingerprint density at radius 3 is 2.13 bits per heavy atom. The van der Waals surface area contributed by atoms with Crippen LogP contribution in [0.5, 0.6) is 0 Å². The normalized spacial score (nSPS) is 18.0. The molecule has 4 N–H and O–H groups in total. The number of benzene rings is 2. The van der Waals surface area contributed by atoms with Crippen LogP contribution in [0.1, 0.15) is 56.3 Å². The summed E-state index contributed by atoms with van der Waals surface area (Å²) in [5.41, 5.74) is 15.4. The standard InChI is InChI=1S/C24H29N5O2/c1-16(2)31-21(30)19-8-6-17(7-9-19)18-10-12-20(13-11-18)29-23(26)27-22(25)28-24(29)14-4-3-5-15-24/h6-13,16H,3-5,14-15H2,1-2H3,(H4,25,26,27,28). The van der Waals surface area contributed by atoms with Gasteiger partial charge in [0.1, 0.15) is 5.66 Å². The van der Waals surface area contributed by atoms with E-state index in [0.717, 1.165) is 42.5 Å². The van der Waals surface area contributed by atoms with E-state index in [4.69, 9.17) is 21.2 Å². The highest BCUT2D eigenvalue weighted by atomic mass is 16.5. The number of esters is 1. The number of carbonyl (C=O) groups excluding carboxylic acids is 1. The molecule has 2 aliphatic rings. The van der Waals surface area contributed by atoms with Crippen LogP contribution in [0.3, 0.4) is 0 Å². The fourth-order valence-corrected chi connectivity index (χ4v) is 4.38. The van der Waals surface area contributed by atoms with Crippen LogP contribution in [-0.4, -0.2) is 29.7 Å². The molecule has 4 rings (SSSR count). The van der Waals surface area contributed by atoms with Gasteiger partial charge in [-0.25, -0.2) is 9.79 Å². The van der Waals surface area contributed by atoms with Gasteiger partial charge in [0.2, 0.25) is 11.9 Å². The van der Waals surface area contributed by atoms with Crippen LogP contribution in [0.15, 0.2) is 58.5 Å². The second kappa shape index (κ2) is 8.41. The van der Waals surface area contributed by atoms with Crippen molar-refractivity contribution in [2.24, 2.45) is 21.5 Å². The molecule has 162 valence electrons. The van der Waals surface area contributed by atoms with Crippen LogP contribution in [0.4, 0.5) is 5.69 Å². The van der Waals surface area contributed by atoms with E-state index in [-0.39, 0.29) is 18.0 Å². The fourth-order valence-electron chi connectivity index (χ4n) is 4.38. The van der Waals surface area contributed by atoms with Crippen molar-refractivity contribution in [1.82, 2.24) is 0 Å². The molecule has 1 aliphatic carbocycles. The smallest absolute Gasteiger partial charge is 0.338 e. The Bertz CT molecular complexity index is 1000. The topological polar surface area (TPSA) is 106 Å². The molecule has 7 nitrogen and oxygen atoms in total. The van der Waals surface area contributed by atoms with E-state index in [1.54, 1.807) is 12.1 Å². The number of nitrogens with two attached hydrogens (primary N) is 2. The number of ether oxygens (including phenoxy) is 1. The van der Waals surface area contributed by atoms with Gasteiger partial charge in [0.25, 0.3) is 0 Å². The third kappa shape index (κ3) is 4.26. The molecule has 1 heterocycles. The van der Waals surface area contributed by atoms with E-state index >= 15 is 0 Å². The average Bonchev–Trinajstić information content (AvgIpc) is 2.74. The Morgan fingerprint density at radius 1 is 0.968 bits per heavy atom. The maximum absolute atomic E-state index is 12.1. The highest BCUT2D eigenvalue weighted by Gasteiger charge is 2.42. The Morgan fingerprint density at radius 2 is 1.55 bits per heavy atom. The molecule has 1 saturated carbocycles. The van der Waals surface area contributed by atoms with E-state index in [1.807, 2.05) is 55.1 Å². The van der Waals surface area contributed by atoms with Gasteiger partial charge >= 0.3 is 5.97 Å². The number of rotatable bonds is 4. The lowest BCUT2D eigenvalue weighted by Gasteiger charge is -2.45. The molecule has 2 aromatic carbocycles. The van der Waals surface area contributed by atoms with Crippen LogP contribution in [0, 0.1) is 0 Å². The number of guanidine groups is 2. The van der Waals surface area contributed by atoms with Gasteiger partial charge in [-0.1, -0.05) is 30.7 Å². The van der Waals surface area contributed by atoms with E-state index in [2.05, 4.69) is 4.99 Å². The number of hydrogen-bond donors (Lipinski definition) is 2. The first-order valence-electron chi connectivity index (χ1n) is 10.8. The van der Waals surface area contributed by atoms with Crippen molar-refractivity contribution in [1.29, 1.82) is 0 Å². The van der Waals surface area contributed by atoms with Crippen molar-refractivity contribution in [2.45, 2.75) is 57.7 Å². The van der Waals surface area contributed by atoms with Crippen molar-refractivity contribution in [3.63, 3.8) is 0 Å². The summed E-state index contributed by atoms with van der Waals surface area (Å²) in [5, 5.41) is 0. The number of nitrogens with zero attached hydrogens (tertiary/aromatic N) is 3. The van der Waals surface area contributed by atoms with Crippen molar-refractivity contribution in [3.8, 4) is 11.1 Å². The van der Waals surface area contributed by atoms with E-state index in [1.165, 1.54) is 6.42 Å². The Kier molecular flexibility index (Phi) is 5.67. The van der Waals surface area contributed by atoms with E-state index in [9.17, 15) is 4.79 Å². The Labute approximate surface area is 182 Å². The maximum atomic E-state index is 12.1. The largest absolute Gasteiger partial charge is 0.459 e. The first kappa shape index (κ1) is 20.9. The fraction of sp³-hybridized carbons (Fsp3) is 0.375. The van der Waals surface area contributed by atoms with Gasteiger partial charge in [0.05, 0.1) is 11.7 Å². The van der Waals surface area contributed by atoms with E-state index in [0.29, 0.717) is 11.5 Å². The molecule has 1 spiro atoms. The Balaban J connectivity index is 1.58. The summed E-state index contributed by atoms with van der Waals surface area (Å²) < 4.78 is 5.25. The molecule has 1 fully saturated rings. The first-order valence-corrected chi connectivity index (χ1v) is 10.8. The second-order valence-corrected chi connectivity index (χ2v) is 8.40. The van der Waals surface area contributed by atoms with Gasteiger partial charge in [0, 0.05) is 5.69 Å². The molecule has 0 radical (unpaired) electrons. The van der Waals surface area contributed by atoms with Crippen molar-refractivity contribution >= 4 is 23.6 Å². The molecule has 0 aromatic heterocycles. The highest BCUT2D eigenvalue weighted by molar-refractivity contribution is 6.05. The van der Waals surface area contributed by atoms with Crippen molar-refractivity contribution in [3.05, 3.63) is 54.1 Å². The van der Waals surface area contributed by atoms with Crippen molar-refractivity contribution in [2.75, 3.05) is 4.90 Å². The molecule has 7 heteroatoms. The van der Waals surface area contributed by atoms with Crippen LogP contribution in [0.2, 0.25) is 0 Å². The minimum atomic E-state index is -0.450. The van der Waals surface area contributed by atoms with Crippen LogP contribution in [-0.2, 0) is 4.74 Å². The van der Waals surface area contributed by atoms with Gasteiger partial charge < -0.3 is 16.2 Å². The SMILES string of the molecule is CC(C)OC(=O)c1ccc(-c2ccc(N3C(N)=NC(N)=NC34CCCCC4)cc2)cc1. The maximum Gasteiger partial charge on any atom is 0.338 e. The number of carbonyl (C=O) groups is 1. The molecule has 0 amide bonds. The van der Waals surface area contributed by atoms with Gasteiger partial charge in [-0.3, -0.25) is 4.90 Å². The molecule has 0 unspecified atom stereocenters. The zero-order valence-electron chi connectivity index (χ0n) is 18.0. The second-order valence-electron chi connectivity index (χ2n) is 8.40.